The van der Waals surface area contributed by atoms with Crippen molar-refractivity contribution >= 4 is 33.4 Å². The molecule has 0 saturated heterocycles. The van der Waals surface area contributed by atoms with E-state index in [1.165, 1.54) is 6.92 Å². The Morgan fingerprint density at radius 1 is 1.13 bits per heavy atom. The van der Waals surface area contributed by atoms with E-state index in [1.54, 1.807) is 11.0 Å². The number of anilines is 1. The van der Waals surface area contributed by atoms with E-state index < -0.39 is 0 Å². The maximum Gasteiger partial charge on any atom is 0.251 e. The molecule has 23 heavy (non-hydrogen) atoms. The van der Waals surface area contributed by atoms with Crippen molar-refractivity contribution in [3.63, 3.8) is 0 Å². The zero-order chi connectivity index (χ0) is 16.8. The highest BCUT2D eigenvalue weighted by Gasteiger charge is 2.12. The van der Waals surface area contributed by atoms with Crippen molar-refractivity contribution in [1.29, 1.82) is 0 Å². The highest BCUT2D eigenvalue weighted by atomic mass is 79.9. The molecular formula is C18H19BrN2O2. The minimum absolute atomic E-state index is 0.0582. The van der Waals surface area contributed by atoms with Crippen LogP contribution in [0.25, 0.3) is 0 Å². The fraction of sp³-hybridized carbons (Fsp3) is 0.222. The second kappa shape index (κ2) is 7.92. The summed E-state index contributed by atoms with van der Waals surface area (Å²) in [5.41, 5.74) is 2.48. The molecule has 0 heterocycles. The molecule has 2 aromatic carbocycles. The number of benzene rings is 2. The molecule has 0 aromatic heterocycles. The highest BCUT2D eigenvalue weighted by molar-refractivity contribution is 9.10. The van der Waals surface area contributed by atoms with Crippen LogP contribution in [0.15, 0.2) is 53.0 Å². The summed E-state index contributed by atoms with van der Waals surface area (Å²) in [4.78, 5) is 25.6. The molecule has 5 heteroatoms. The van der Waals surface area contributed by atoms with Gasteiger partial charge in [-0.1, -0.05) is 33.6 Å². The van der Waals surface area contributed by atoms with Gasteiger partial charge in [0.2, 0.25) is 5.91 Å². The van der Waals surface area contributed by atoms with Crippen LogP contribution in [-0.4, -0.2) is 24.9 Å². The van der Waals surface area contributed by atoms with Crippen molar-refractivity contribution in [2.24, 2.45) is 0 Å². The number of aryl methyl sites for hydroxylation is 1. The fourth-order valence-corrected chi connectivity index (χ4v) is 2.52. The van der Waals surface area contributed by atoms with E-state index in [-0.39, 0.29) is 11.8 Å². The number of nitrogens with zero attached hydrogens (tertiary/aromatic N) is 1. The SMILES string of the molecule is CC(=O)N(CCNC(=O)c1cccc(C)c1)c1ccc(Br)cc1. The molecule has 2 aromatic rings. The van der Waals surface area contributed by atoms with Crippen LogP contribution in [0.5, 0.6) is 0 Å². The maximum absolute atomic E-state index is 12.1. The van der Waals surface area contributed by atoms with Crippen LogP contribution < -0.4 is 10.2 Å². The van der Waals surface area contributed by atoms with E-state index >= 15 is 0 Å². The number of rotatable bonds is 5. The van der Waals surface area contributed by atoms with Crippen LogP contribution in [0.1, 0.15) is 22.8 Å². The number of carbonyl (C=O) groups excluding carboxylic acids is 2. The number of carbonyl (C=O) groups is 2. The number of hydrogen-bond acceptors (Lipinski definition) is 2. The van der Waals surface area contributed by atoms with Gasteiger partial charge in [-0.05, 0) is 43.3 Å². The Bertz CT molecular complexity index is 698. The van der Waals surface area contributed by atoms with Gasteiger partial charge in [0.25, 0.3) is 5.91 Å². The van der Waals surface area contributed by atoms with E-state index in [4.69, 9.17) is 0 Å². The van der Waals surface area contributed by atoms with Crippen molar-refractivity contribution < 1.29 is 9.59 Å². The second-order valence-corrected chi connectivity index (χ2v) is 6.19. The topological polar surface area (TPSA) is 49.4 Å². The van der Waals surface area contributed by atoms with E-state index in [2.05, 4.69) is 21.2 Å². The molecule has 0 radical (unpaired) electrons. The molecule has 0 saturated carbocycles. The van der Waals surface area contributed by atoms with E-state index in [1.807, 2.05) is 49.4 Å². The summed E-state index contributed by atoms with van der Waals surface area (Å²) in [7, 11) is 0. The first kappa shape index (κ1) is 17.2. The standard InChI is InChI=1S/C18H19BrN2O2/c1-13-4-3-5-15(12-13)18(23)20-10-11-21(14(2)22)17-8-6-16(19)7-9-17/h3-9,12H,10-11H2,1-2H3,(H,20,23). The molecule has 0 aliphatic heterocycles. The third-order valence-electron chi connectivity index (χ3n) is 3.42. The first-order valence-corrected chi connectivity index (χ1v) is 8.15. The average Bonchev–Trinajstić information content (AvgIpc) is 2.52. The lowest BCUT2D eigenvalue weighted by Gasteiger charge is -2.21. The van der Waals surface area contributed by atoms with Gasteiger partial charge in [0.15, 0.2) is 0 Å². The van der Waals surface area contributed by atoms with Gasteiger partial charge in [0, 0.05) is 35.7 Å². The fourth-order valence-electron chi connectivity index (χ4n) is 2.26. The summed E-state index contributed by atoms with van der Waals surface area (Å²) in [6, 6.07) is 14.9. The van der Waals surface area contributed by atoms with Crippen LogP contribution in [0.3, 0.4) is 0 Å². The van der Waals surface area contributed by atoms with Crippen molar-refractivity contribution in [3.05, 3.63) is 64.1 Å². The predicted octanol–water partition coefficient (Wildman–Crippen LogP) is 3.54. The minimum Gasteiger partial charge on any atom is -0.350 e. The maximum atomic E-state index is 12.1. The monoisotopic (exact) mass is 374 g/mol. The zero-order valence-electron chi connectivity index (χ0n) is 13.2. The highest BCUT2D eigenvalue weighted by Crippen LogP contribution is 2.18. The van der Waals surface area contributed by atoms with Crippen LogP contribution >= 0.6 is 15.9 Å². The van der Waals surface area contributed by atoms with Gasteiger partial charge in [-0.15, -0.1) is 0 Å². The molecule has 0 bridgehead atoms. The van der Waals surface area contributed by atoms with Gasteiger partial charge < -0.3 is 10.2 Å². The smallest absolute Gasteiger partial charge is 0.251 e. The van der Waals surface area contributed by atoms with Gasteiger partial charge in [-0.2, -0.15) is 0 Å². The van der Waals surface area contributed by atoms with Crippen molar-refractivity contribution in [2.75, 3.05) is 18.0 Å². The normalized spacial score (nSPS) is 10.2. The van der Waals surface area contributed by atoms with Gasteiger partial charge in [-0.3, -0.25) is 9.59 Å². The Morgan fingerprint density at radius 3 is 2.43 bits per heavy atom. The molecule has 120 valence electrons. The molecule has 0 fully saturated rings. The number of nitrogens with one attached hydrogen (secondary N) is 1. The van der Waals surface area contributed by atoms with E-state index in [0.29, 0.717) is 18.7 Å². The van der Waals surface area contributed by atoms with Crippen molar-refractivity contribution in [3.8, 4) is 0 Å². The van der Waals surface area contributed by atoms with Gasteiger partial charge >= 0.3 is 0 Å². The van der Waals surface area contributed by atoms with Crippen molar-refractivity contribution in [2.45, 2.75) is 13.8 Å². The first-order chi connectivity index (χ1) is 11.0. The molecule has 2 rings (SSSR count). The Balaban J connectivity index is 1.96. The summed E-state index contributed by atoms with van der Waals surface area (Å²) in [5.74, 6) is -0.190. The third-order valence-corrected chi connectivity index (χ3v) is 3.95. The first-order valence-electron chi connectivity index (χ1n) is 7.36. The Hall–Kier alpha value is -2.14. The number of amides is 2. The molecule has 0 aliphatic rings. The predicted molar refractivity (Wildman–Crippen MR) is 95.7 cm³/mol. The summed E-state index contributed by atoms with van der Waals surface area (Å²) in [6.45, 7) is 4.28. The second-order valence-electron chi connectivity index (χ2n) is 5.27. The molecule has 0 atom stereocenters. The Labute approximate surface area is 144 Å². The lowest BCUT2D eigenvalue weighted by molar-refractivity contribution is -0.116. The van der Waals surface area contributed by atoms with E-state index in [0.717, 1.165) is 15.7 Å². The largest absolute Gasteiger partial charge is 0.350 e. The Morgan fingerprint density at radius 2 is 1.83 bits per heavy atom. The van der Waals surface area contributed by atoms with Gasteiger partial charge in [0.1, 0.15) is 0 Å². The van der Waals surface area contributed by atoms with Gasteiger partial charge in [0.05, 0.1) is 0 Å². The zero-order valence-corrected chi connectivity index (χ0v) is 14.8. The van der Waals surface area contributed by atoms with Crippen LogP contribution in [0, 0.1) is 6.92 Å². The molecule has 1 N–H and O–H groups in total. The Kier molecular flexibility index (Phi) is 5.93. The molecule has 2 amide bonds. The lowest BCUT2D eigenvalue weighted by atomic mass is 10.1. The molecular weight excluding hydrogens is 356 g/mol. The molecule has 0 unspecified atom stereocenters. The summed E-state index contributed by atoms with van der Waals surface area (Å²) in [6.07, 6.45) is 0. The molecule has 0 spiro atoms. The third kappa shape index (κ3) is 4.93. The summed E-state index contributed by atoms with van der Waals surface area (Å²) < 4.78 is 0.956. The summed E-state index contributed by atoms with van der Waals surface area (Å²) in [5, 5.41) is 2.85. The van der Waals surface area contributed by atoms with Crippen LogP contribution in [0.2, 0.25) is 0 Å². The molecule has 4 nitrogen and oxygen atoms in total. The van der Waals surface area contributed by atoms with Gasteiger partial charge in [-0.25, -0.2) is 0 Å². The molecule has 0 aliphatic carbocycles. The van der Waals surface area contributed by atoms with Crippen LogP contribution in [-0.2, 0) is 4.79 Å². The minimum atomic E-state index is -0.131. The number of halogens is 1. The van der Waals surface area contributed by atoms with E-state index in [9.17, 15) is 9.59 Å². The quantitative estimate of drug-likeness (QED) is 0.869. The van der Waals surface area contributed by atoms with Crippen LogP contribution in [0.4, 0.5) is 5.69 Å². The van der Waals surface area contributed by atoms with Crippen molar-refractivity contribution in [1.82, 2.24) is 5.32 Å². The lowest BCUT2D eigenvalue weighted by Crippen LogP contribution is -2.37. The summed E-state index contributed by atoms with van der Waals surface area (Å²) >= 11 is 3.37. The number of hydrogen-bond donors (Lipinski definition) is 1. The average molecular weight is 375 g/mol.